The summed E-state index contributed by atoms with van der Waals surface area (Å²) >= 11 is 0. The zero-order valence-electron chi connectivity index (χ0n) is 18.3. The number of nitrogens with zero attached hydrogens (tertiary/aromatic N) is 3. The second kappa shape index (κ2) is 14.9. The second-order valence-corrected chi connectivity index (χ2v) is 7.97. The number of carbonyl (C=O) groups excluding carboxylic acids is 2. The summed E-state index contributed by atoms with van der Waals surface area (Å²) in [6.45, 7) is 11.8. The summed E-state index contributed by atoms with van der Waals surface area (Å²) in [6.07, 6.45) is 4.13. The third-order valence-corrected chi connectivity index (χ3v) is 4.58. The molecule has 164 valence electrons. The Morgan fingerprint density at radius 1 is 0.929 bits per heavy atom. The van der Waals surface area contributed by atoms with Crippen molar-refractivity contribution in [1.29, 1.82) is 0 Å². The molecule has 0 aromatic carbocycles. The largest absolute Gasteiger partial charge is 0.356 e. The van der Waals surface area contributed by atoms with Gasteiger partial charge in [0.15, 0.2) is 5.96 Å². The molecule has 0 aliphatic carbocycles. The van der Waals surface area contributed by atoms with Crippen molar-refractivity contribution < 1.29 is 9.59 Å². The maximum Gasteiger partial charge on any atom is 0.222 e. The molecule has 0 spiro atoms. The van der Waals surface area contributed by atoms with Crippen molar-refractivity contribution >= 4 is 41.8 Å². The third kappa shape index (κ3) is 11.1. The maximum atomic E-state index is 12.3. The van der Waals surface area contributed by atoms with Gasteiger partial charge in [-0.25, -0.2) is 0 Å². The zero-order valence-corrected chi connectivity index (χ0v) is 20.6. The van der Waals surface area contributed by atoms with E-state index in [1.54, 1.807) is 7.05 Å². The zero-order chi connectivity index (χ0) is 20.2. The molecule has 8 heteroatoms. The molecule has 0 unspecified atom stereocenters. The number of amides is 2. The Kier molecular flexibility index (Phi) is 14.3. The van der Waals surface area contributed by atoms with Crippen molar-refractivity contribution in [2.75, 3.05) is 39.8 Å². The van der Waals surface area contributed by atoms with E-state index in [1.165, 1.54) is 0 Å². The van der Waals surface area contributed by atoms with Crippen molar-refractivity contribution in [3.63, 3.8) is 0 Å². The number of nitrogens with one attached hydrogen (secondary N) is 2. The predicted octanol–water partition coefficient (Wildman–Crippen LogP) is 2.46. The minimum Gasteiger partial charge on any atom is -0.356 e. The van der Waals surface area contributed by atoms with E-state index in [0.717, 1.165) is 31.8 Å². The van der Waals surface area contributed by atoms with Crippen molar-refractivity contribution in [2.24, 2.45) is 10.9 Å². The maximum absolute atomic E-state index is 12.3. The highest BCUT2D eigenvalue weighted by molar-refractivity contribution is 14.0. The first kappa shape index (κ1) is 26.9. The molecule has 28 heavy (non-hydrogen) atoms. The molecule has 1 heterocycles. The van der Waals surface area contributed by atoms with Crippen LogP contribution in [-0.2, 0) is 9.59 Å². The summed E-state index contributed by atoms with van der Waals surface area (Å²) < 4.78 is 0. The lowest BCUT2D eigenvalue weighted by Gasteiger charge is -2.35. The molecule has 2 amide bonds. The highest BCUT2D eigenvalue weighted by atomic mass is 127. The molecule has 1 fully saturated rings. The van der Waals surface area contributed by atoms with Gasteiger partial charge in [0.1, 0.15) is 0 Å². The van der Waals surface area contributed by atoms with Crippen LogP contribution in [0.3, 0.4) is 0 Å². The fraction of sp³-hybridized carbons (Fsp3) is 0.850. The fourth-order valence-corrected chi connectivity index (χ4v) is 3.09. The number of unbranched alkanes of at least 4 members (excludes halogenated alkanes) is 2. The van der Waals surface area contributed by atoms with Crippen LogP contribution >= 0.6 is 24.0 Å². The van der Waals surface area contributed by atoms with E-state index in [2.05, 4.69) is 43.3 Å². The molecule has 0 saturated carbocycles. The van der Waals surface area contributed by atoms with E-state index in [4.69, 9.17) is 0 Å². The first-order valence-corrected chi connectivity index (χ1v) is 10.4. The van der Waals surface area contributed by atoms with Crippen molar-refractivity contribution in [3.05, 3.63) is 0 Å². The van der Waals surface area contributed by atoms with Crippen molar-refractivity contribution in [3.8, 4) is 0 Å². The summed E-state index contributed by atoms with van der Waals surface area (Å²) in [5, 5.41) is 6.54. The molecule has 1 aliphatic rings. The van der Waals surface area contributed by atoms with E-state index in [1.807, 2.05) is 9.80 Å². The average Bonchev–Trinajstić information content (AvgIpc) is 2.62. The van der Waals surface area contributed by atoms with Crippen molar-refractivity contribution in [2.45, 2.75) is 65.8 Å². The molecule has 1 aliphatic heterocycles. The Morgan fingerprint density at radius 2 is 1.50 bits per heavy atom. The lowest BCUT2D eigenvalue weighted by Crippen LogP contribution is -2.50. The Balaban J connectivity index is 0.00000729. The van der Waals surface area contributed by atoms with Crippen LogP contribution < -0.4 is 10.6 Å². The number of guanidine groups is 1. The molecular weight excluding hydrogens is 469 g/mol. The molecule has 1 saturated heterocycles. The Morgan fingerprint density at radius 3 is 2.00 bits per heavy atom. The van der Waals surface area contributed by atoms with Gasteiger partial charge in [-0.2, -0.15) is 0 Å². The molecule has 0 aromatic rings. The third-order valence-electron chi connectivity index (χ3n) is 4.58. The summed E-state index contributed by atoms with van der Waals surface area (Å²) in [7, 11) is 1.77. The molecule has 1 rings (SSSR count). The van der Waals surface area contributed by atoms with Gasteiger partial charge < -0.3 is 20.4 Å². The Bertz CT molecular complexity index is 489. The smallest absolute Gasteiger partial charge is 0.222 e. The second-order valence-electron chi connectivity index (χ2n) is 7.97. The SMILES string of the molecule is CN=C(NCCCCCC(=O)N1CCN(C(=O)CC(C)C)CC1)NC(C)C.I. The van der Waals surface area contributed by atoms with Crippen LogP contribution in [0.25, 0.3) is 0 Å². The average molecular weight is 509 g/mol. The van der Waals surface area contributed by atoms with Gasteiger partial charge in [0, 0.05) is 58.7 Å². The van der Waals surface area contributed by atoms with Gasteiger partial charge in [-0.1, -0.05) is 20.3 Å². The number of rotatable bonds is 9. The first-order chi connectivity index (χ1) is 12.8. The molecule has 0 atom stereocenters. The van der Waals surface area contributed by atoms with Crippen molar-refractivity contribution in [1.82, 2.24) is 20.4 Å². The summed E-state index contributed by atoms with van der Waals surface area (Å²) in [6, 6.07) is 0.356. The lowest BCUT2D eigenvalue weighted by atomic mass is 10.1. The van der Waals surface area contributed by atoms with Crippen LogP contribution in [0.1, 0.15) is 59.8 Å². The minimum atomic E-state index is 0. The van der Waals surface area contributed by atoms with E-state index >= 15 is 0 Å². The quantitative estimate of drug-likeness (QED) is 0.217. The first-order valence-electron chi connectivity index (χ1n) is 10.4. The molecule has 0 bridgehead atoms. The van der Waals surface area contributed by atoms with Crippen LogP contribution in [0.15, 0.2) is 4.99 Å². The number of halogens is 1. The van der Waals surface area contributed by atoms with Gasteiger partial charge in [-0.05, 0) is 32.6 Å². The Hall–Kier alpha value is -1.06. The summed E-state index contributed by atoms with van der Waals surface area (Å²) in [5.74, 6) is 1.64. The molecule has 2 N–H and O–H groups in total. The van der Waals surface area contributed by atoms with Gasteiger partial charge in [0.2, 0.25) is 11.8 Å². The normalized spacial score (nSPS) is 14.9. The van der Waals surface area contributed by atoms with Gasteiger partial charge >= 0.3 is 0 Å². The van der Waals surface area contributed by atoms with E-state index in [-0.39, 0.29) is 35.8 Å². The predicted molar refractivity (Wildman–Crippen MR) is 126 cm³/mol. The highest BCUT2D eigenvalue weighted by Crippen LogP contribution is 2.10. The van der Waals surface area contributed by atoms with Crippen LogP contribution in [0, 0.1) is 5.92 Å². The Labute approximate surface area is 188 Å². The van der Waals surface area contributed by atoms with E-state index in [0.29, 0.717) is 51.0 Å². The van der Waals surface area contributed by atoms with Crippen LogP contribution in [0.4, 0.5) is 0 Å². The number of hydrogen-bond acceptors (Lipinski definition) is 3. The van der Waals surface area contributed by atoms with Crippen LogP contribution in [-0.4, -0.2) is 73.4 Å². The molecular formula is C20H40IN5O2. The highest BCUT2D eigenvalue weighted by Gasteiger charge is 2.23. The van der Waals surface area contributed by atoms with E-state index < -0.39 is 0 Å². The number of aliphatic imine (C=N–C) groups is 1. The fourth-order valence-electron chi connectivity index (χ4n) is 3.09. The molecule has 0 radical (unpaired) electrons. The molecule has 0 aromatic heterocycles. The summed E-state index contributed by atoms with van der Waals surface area (Å²) in [4.78, 5) is 32.4. The van der Waals surface area contributed by atoms with Crippen LogP contribution in [0.2, 0.25) is 0 Å². The standard InChI is InChI=1S/C20H39N5O2.HI/c1-16(2)15-19(27)25-13-11-24(12-14-25)18(26)9-7-6-8-10-22-20(21-5)23-17(3)4;/h16-17H,6-15H2,1-5H3,(H2,21,22,23);1H. The molecule has 7 nitrogen and oxygen atoms in total. The van der Waals surface area contributed by atoms with Gasteiger partial charge in [0.25, 0.3) is 0 Å². The number of hydrogen-bond donors (Lipinski definition) is 2. The summed E-state index contributed by atoms with van der Waals surface area (Å²) in [5.41, 5.74) is 0. The van der Waals surface area contributed by atoms with E-state index in [9.17, 15) is 9.59 Å². The number of carbonyl (C=O) groups is 2. The van der Waals surface area contributed by atoms with Gasteiger partial charge in [-0.15, -0.1) is 24.0 Å². The monoisotopic (exact) mass is 509 g/mol. The number of piperazine rings is 1. The van der Waals surface area contributed by atoms with Crippen LogP contribution in [0.5, 0.6) is 0 Å². The van der Waals surface area contributed by atoms with Gasteiger partial charge in [-0.3, -0.25) is 14.6 Å². The van der Waals surface area contributed by atoms with Gasteiger partial charge in [0.05, 0.1) is 0 Å². The lowest BCUT2D eigenvalue weighted by molar-refractivity contribution is -0.140. The minimum absolute atomic E-state index is 0. The topological polar surface area (TPSA) is 77.0 Å².